The first kappa shape index (κ1) is 18.2. The third-order valence-electron chi connectivity index (χ3n) is 5.16. The number of benzene rings is 4. The summed E-state index contributed by atoms with van der Waals surface area (Å²) in [5, 5.41) is 11.6. The van der Waals surface area contributed by atoms with Crippen molar-refractivity contribution in [3.8, 4) is 22.9 Å². The maximum atomic E-state index is 9.20. The molecule has 0 amide bonds. The van der Waals surface area contributed by atoms with E-state index in [0.717, 1.165) is 36.8 Å². The van der Waals surface area contributed by atoms with Gasteiger partial charge in [0.25, 0.3) is 0 Å². The van der Waals surface area contributed by atoms with Crippen LogP contribution in [-0.4, -0.2) is 4.57 Å². The smallest absolute Gasteiger partial charge is 0.0991 e. The maximum Gasteiger partial charge on any atom is 0.0991 e. The van der Waals surface area contributed by atoms with E-state index in [-0.39, 0.29) is 0 Å². The molecule has 0 aliphatic carbocycles. The first-order valence-electron chi connectivity index (χ1n) is 9.15. The van der Waals surface area contributed by atoms with E-state index < -0.39 is 0 Å². The molecular formula is C25H14Br2N2. The number of rotatable bonds is 2. The fourth-order valence-corrected chi connectivity index (χ4v) is 4.78. The van der Waals surface area contributed by atoms with Gasteiger partial charge in [-0.1, -0.05) is 74.3 Å². The number of fused-ring (bicyclic) bond motifs is 3. The second-order valence-corrected chi connectivity index (χ2v) is 8.61. The highest BCUT2D eigenvalue weighted by Gasteiger charge is 2.18. The molecule has 0 aliphatic heterocycles. The van der Waals surface area contributed by atoms with Gasteiger partial charge in [-0.15, -0.1) is 0 Å². The van der Waals surface area contributed by atoms with Gasteiger partial charge in [-0.3, -0.25) is 0 Å². The van der Waals surface area contributed by atoms with Crippen molar-refractivity contribution in [2.45, 2.75) is 0 Å². The van der Waals surface area contributed by atoms with Crippen LogP contribution in [0.1, 0.15) is 5.56 Å². The zero-order valence-corrected chi connectivity index (χ0v) is 18.4. The van der Waals surface area contributed by atoms with E-state index in [2.05, 4.69) is 97.1 Å². The molecule has 4 heteroatoms. The average molecular weight is 502 g/mol. The molecule has 4 aromatic carbocycles. The molecule has 0 spiro atoms. The summed E-state index contributed by atoms with van der Waals surface area (Å²) in [5.74, 6) is 0. The van der Waals surface area contributed by atoms with Crippen molar-refractivity contribution >= 4 is 53.7 Å². The lowest BCUT2D eigenvalue weighted by Crippen LogP contribution is -1.96. The SMILES string of the molecule is N#Cc1ccc(-n2c3cc(Br)ccc3c3ccc(Br)c(-c4ccccc4)c32)cc1. The molecule has 29 heavy (non-hydrogen) atoms. The van der Waals surface area contributed by atoms with E-state index >= 15 is 0 Å². The molecule has 1 aromatic heterocycles. The van der Waals surface area contributed by atoms with Gasteiger partial charge in [0.1, 0.15) is 0 Å². The van der Waals surface area contributed by atoms with E-state index in [4.69, 9.17) is 0 Å². The molecule has 0 radical (unpaired) electrons. The quantitative estimate of drug-likeness (QED) is 0.242. The first-order valence-corrected chi connectivity index (χ1v) is 10.7. The lowest BCUT2D eigenvalue weighted by molar-refractivity contribution is 1.18. The summed E-state index contributed by atoms with van der Waals surface area (Å²) < 4.78 is 4.36. The second-order valence-electron chi connectivity index (χ2n) is 6.84. The van der Waals surface area contributed by atoms with E-state index in [1.165, 1.54) is 10.8 Å². The zero-order valence-electron chi connectivity index (χ0n) is 15.2. The van der Waals surface area contributed by atoms with Gasteiger partial charge in [-0.25, -0.2) is 0 Å². The Morgan fingerprint density at radius 1 is 0.759 bits per heavy atom. The molecule has 2 nitrogen and oxygen atoms in total. The van der Waals surface area contributed by atoms with Crippen LogP contribution in [0.25, 0.3) is 38.6 Å². The number of hydrogen-bond acceptors (Lipinski definition) is 1. The Labute approximate surface area is 185 Å². The van der Waals surface area contributed by atoms with Gasteiger partial charge in [0.2, 0.25) is 0 Å². The minimum Gasteiger partial charge on any atom is -0.309 e. The molecule has 0 fully saturated rings. The van der Waals surface area contributed by atoms with Gasteiger partial charge in [0, 0.05) is 31.0 Å². The van der Waals surface area contributed by atoms with Gasteiger partial charge >= 0.3 is 0 Å². The van der Waals surface area contributed by atoms with Crippen molar-refractivity contribution in [2.75, 3.05) is 0 Å². The molecule has 138 valence electrons. The highest BCUT2D eigenvalue weighted by Crippen LogP contribution is 2.42. The molecule has 0 aliphatic rings. The zero-order chi connectivity index (χ0) is 20.0. The minimum atomic E-state index is 0.653. The van der Waals surface area contributed by atoms with Crippen LogP contribution in [0, 0.1) is 11.3 Å². The lowest BCUT2D eigenvalue weighted by atomic mass is 10.0. The fraction of sp³-hybridized carbons (Fsp3) is 0. The van der Waals surface area contributed by atoms with Gasteiger partial charge in [0.15, 0.2) is 0 Å². The van der Waals surface area contributed by atoms with Gasteiger partial charge in [-0.2, -0.15) is 5.26 Å². The van der Waals surface area contributed by atoms with Gasteiger partial charge < -0.3 is 4.57 Å². The molecule has 0 unspecified atom stereocenters. The van der Waals surface area contributed by atoms with E-state index in [9.17, 15) is 5.26 Å². The lowest BCUT2D eigenvalue weighted by Gasteiger charge is -2.13. The van der Waals surface area contributed by atoms with Crippen LogP contribution in [0.15, 0.2) is 93.9 Å². The highest BCUT2D eigenvalue weighted by molar-refractivity contribution is 9.10. The van der Waals surface area contributed by atoms with Crippen LogP contribution in [0.5, 0.6) is 0 Å². The minimum absolute atomic E-state index is 0.653. The maximum absolute atomic E-state index is 9.20. The summed E-state index contributed by atoms with van der Waals surface area (Å²) >= 11 is 7.42. The third-order valence-corrected chi connectivity index (χ3v) is 6.31. The molecule has 0 bridgehead atoms. The monoisotopic (exact) mass is 500 g/mol. The molecule has 0 atom stereocenters. The Morgan fingerprint density at radius 2 is 1.48 bits per heavy atom. The van der Waals surface area contributed by atoms with E-state index in [0.29, 0.717) is 5.56 Å². The van der Waals surface area contributed by atoms with E-state index in [1.54, 1.807) is 0 Å². The molecule has 5 rings (SSSR count). The Hall–Kier alpha value is -2.87. The number of halogens is 2. The molecule has 5 aromatic rings. The molecule has 0 saturated carbocycles. The van der Waals surface area contributed by atoms with Crippen LogP contribution >= 0.6 is 31.9 Å². The topological polar surface area (TPSA) is 28.7 Å². The van der Waals surface area contributed by atoms with Crippen molar-refractivity contribution in [3.63, 3.8) is 0 Å². The Balaban J connectivity index is 1.98. The fourth-order valence-electron chi connectivity index (χ4n) is 3.89. The standard InChI is InChI=1S/C25H14Br2N2/c26-18-8-11-20-21-12-13-22(27)24(17-4-2-1-3-5-17)25(21)29(23(20)14-18)19-9-6-16(15-28)7-10-19/h1-14H. The van der Waals surface area contributed by atoms with Crippen LogP contribution in [0.4, 0.5) is 0 Å². The second kappa shape index (κ2) is 7.18. The number of nitrogens with zero attached hydrogens (tertiary/aromatic N) is 2. The van der Waals surface area contributed by atoms with Crippen molar-refractivity contribution < 1.29 is 0 Å². The Bertz CT molecular complexity index is 1410. The van der Waals surface area contributed by atoms with Crippen LogP contribution in [-0.2, 0) is 0 Å². The largest absolute Gasteiger partial charge is 0.309 e. The number of hydrogen-bond donors (Lipinski definition) is 0. The van der Waals surface area contributed by atoms with Crippen molar-refractivity contribution in [2.24, 2.45) is 0 Å². The Kier molecular flexibility index (Phi) is 4.50. The summed E-state index contributed by atoms with van der Waals surface area (Å²) in [5.41, 5.74) is 6.25. The number of nitriles is 1. The average Bonchev–Trinajstić information content (AvgIpc) is 3.07. The van der Waals surface area contributed by atoms with Gasteiger partial charge in [0.05, 0.1) is 22.7 Å². The number of aromatic nitrogens is 1. The van der Waals surface area contributed by atoms with E-state index in [1.807, 2.05) is 30.3 Å². The van der Waals surface area contributed by atoms with Crippen molar-refractivity contribution in [1.29, 1.82) is 5.26 Å². The Morgan fingerprint density at radius 3 is 2.21 bits per heavy atom. The summed E-state index contributed by atoms with van der Waals surface area (Å²) in [6, 6.07) is 31.1. The summed E-state index contributed by atoms with van der Waals surface area (Å²) in [6.45, 7) is 0. The molecule has 0 N–H and O–H groups in total. The molecule has 0 saturated heterocycles. The predicted octanol–water partition coefficient (Wildman–Crippen LogP) is 7.85. The normalized spacial score (nSPS) is 11.1. The van der Waals surface area contributed by atoms with Gasteiger partial charge in [-0.05, 0) is 48.0 Å². The molecule has 1 heterocycles. The predicted molar refractivity (Wildman–Crippen MR) is 126 cm³/mol. The summed E-state index contributed by atoms with van der Waals surface area (Å²) in [6.07, 6.45) is 0. The van der Waals surface area contributed by atoms with Crippen molar-refractivity contribution in [1.82, 2.24) is 4.57 Å². The third kappa shape index (κ3) is 2.98. The molecular weight excluding hydrogens is 488 g/mol. The summed E-state index contributed by atoms with van der Waals surface area (Å²) in [4.78, 5) is 0. The summed E-state index contributed by atoms with van der Waals surface area (Å²) in [7, 11) is 0. The van der Waals surface area contributed by atoms with Crippen LogP contribution in [0.2, 0.25) is 0 Å². The van der Waals surface area contributed by atoms with Crippen molar-refractivity contribution in [3.05, 3.63) is 99.4 Å². The van der Waals surface area contributed by atoms with Crippen LogP contribution in [0.3, 0.4) is 0 Å². The highest BCUT2D eigenvalue weighted by atomic mass is 79.9. The van der Waals surface area contributed by atoms with Crippen LogP contribution < -0.4 is 0 Å². The first-order chi connectivity index (χ1) is 14.2.